The molecule has 92 valence electrons. The molecule has 0 aliphatic heterocycles. The molecule has 1 aromatic carbocycles. The summed E-state index contributed by atoms with van der Waals surface area (Å²) in [5.74, 6) is -0.454. The number of halogens is 1. The molecule has 18 heavy (non-hydrogen) atoms. The first kappa shape index (κ1) is 12.0. The van der Waals surface area contributed by atoms with Crippen LogP contribution in [-0.2, 0) is 6.54 Å². The lowest BCUT2D eigenvalue weighted by atomic mass is 10.2. The van der Waals surface area contributed by atoms with Crippen molar-refractivity contribution in [2.75, 3.05) is 5.32 Å². The molecule has 1 heterocycles. The number of nitrogens with one attached hydrogen (secondary N) is 1. The average molecular weight is 245 g/mol. The number of pyridine rings is 1. The van der Waals surface area contributed by atoms with Gasteiger partial charge in [-0.1, -0.05) is 12.1 Å². The highest BCUT2D eigenvalue weighted by atomic mass is 19.1. The number of amides is 1. The maximum atomic E-state index is 13.0. The fourth-order valence-electron chi connectivity index (χ4n) is 1.58. The standard InChI is InChI=1S/C13H12FN3O/c14-10-4-1-3-9(7-10)8-17-13-11(12(15)18)5-2-6-16-13/h1-7H,8H2,(H2,15,18)(H,16,17). The molecule has 2 aromatic rings. The van der Waals surface area contributed by atoms with Crippen molar-refractivity contribution in [3.63, 3.8) is 0 Å². The van der Waals surface area contributed by atoms with Crippen molar-refractivity contribution in [3.8, 4) is 0 Å². The minimum atomic E-state index is -0.551. The van der Waals surface area contributed by atoms with Crippen molar-refractivity contribution in [3.05, 3.63) is 59.5 Å². The Morgan fingerprint density at radius 2 is 2.17 bits per heavy atom. The van der Waals surface area contributed by atoms with E-state index < -0.39 is 5.91 Å². The molecule has 1 aromatic heterocycles. The average Bonchev–Trinajstić information content (AvgIpc) is 2.37. The number of rotatable bonds is 4. The Labute approximate surface area is 104 Å². The van der Waals surface area contributed by atoms with Crippen LogP contribution >= 0.6 is 0 Å². The van der Waals surface area contributed by atoms with Gasteiger partial charge in [0.05, 0.1) is 5.56 Å². The highest BCUT2D eigenvalue weighted by molar-refractivity contribution is 5.97. The summed E-state index contributed by atoms with van der Waals surface area (Å²) in [5, 5.41) is 2.96. The third-order valence-electron chi connectivity index (χ3n) is 2.42. The van der Waals surface area contributed by atoms with Crippen LogP contribution in [-0.4, -0.2) is 10.9 Å². The Morgan fingerprint density at radius 3 is 2.89 bits per heavy atom. The molecule has 0 saturated carbocycles. The van der Waals surface area contributed by atoms with Crippen molar-refractivity contribution in [1.29, 1.82) is 0 Å². The van der Waals surface area contributed by atoms with Gasteiger partial charge in [0.15, 0.2) is 0 Å². The second-order valence-corrected chi connectivity index (χ2v) is 3.75. The molecule has 2 rings (SSSR count). The van der Waals surface area contributed by atoms with E-state index in [0.29, 0.717) is 17.9 Å². The zero-order valence-corrected chi connectivity index (χ0v) is 9.56. The van der Waals surface area contributed by atoms with E-state index >= 15 is 0 Å². The Balaban J connectivity index is 2.13. The zero-order valence-electron chi connectivity index (χ0n) is 9.56. The maximum Gasteiger partial charge on any atom is 0.252 e. The van der Waals surface area contributed by atoms with Crippen molar-refractivity contribution in [2.24, 2.45) is 5.73 Å². The van der Waals surface area contributed by atoms with Gasteiger partial charge in [-0.05, 0) is 29.8 Å². The first-order valence-electron chi connectivity index (χ1n) is 5.40. The molecule has 0 radical (unpaired) electrons. The topological polar surface area (TPSA) is 68.0 Å². The van der Waals surface area contributed by atoms with E-state index in [9.17, 15) is 9.18 Å². The smallest absolute Gasteiger partial charge is 0.252 e. The molecule has 0 aliphatic rings. The van der Waals surface area contributed by atoms with Crippen molar-refractivity contribution >= 4 is 11.7 Å². The fraction of sp³-hybridized carbons (Fsp3) is 0.0769. The normalized spacial score (nSPS) is 10.1. The second-order valence-electron chi connectivity index (χ2n) is 3.75. The first-order valence-corrected chi connectivity index (χ1v) is 5.40. The van der Waals surface area contributed by atoms with E-state index in [1.807, 2.05) is 0 Å². The molecule has 5 heteroatoms. The lowest BCUT2D eigenvalue weighted by Crippen LogP contribution is -2.15. The molecule has 0 spiro atoms. The van der Waals surface area contributed by atoms with Gasteiger partial charge < -0.3 is 11.1 Å². The van der Waals surface area contributed by atoms with Crippen molar-refractivity contribution < 1.29 is 9.18 Å². The first-order chi connectivity index (χ1) is 8.66. The van der Waals surface area contributed by atoms with Crippen LogP contribution in [0.4, 0.5) is 10.2 Å². The summed E-state index contributed by atoms with van der Waals surface area (Å²) in [5.41, 5.74) is 6.30. The summed E-state index contributed by atoms with van der Waals surface area (Å²) < 4.78 is 13.0. The Hall–Kier alpha value is -2.43. The number of benzene rings is 1. The minimum absolute atomic E-state index is 0.301. The van der Waals surface area contributed by atoms with E-state index in [0.717, 1.165) is 5.56 Å². The van der Waals surface area contributed by atoms with Crippen LogP contribution in [0, 0.1) is 5.82 Å². The van der Waals surface area contributed by atoms with Crippen LogP contribution in [0.1, 0.15) is 15.9 Å². The molecule has 1 amide bonds. The van der Waals surface area contributed by atoms with Crippen LogP contribution in [0.25, 0.3) is 0 Å². The van der Waals surface area contributed by atoms with E-state index in [-0.39, 0.29) is 5.82 Å². The highest BCUT2D eigenvalue weighted by Gasteiger charge is 2.07. The predicted molar refractivity (Wildman–Crippen MR) is 66.5 cm³/mol. The molecule has 0 aliphatic carbocycles. The molecule has 4 nitrogen and oxygen atoms in total. The number of hydrogen-bond donors (Lipinski definition) is 2. The van der Waals surface area contributed by atoms with Gasteiger partial charge in [-0.25, -0.2) is 9.37 Å². The highest BCUT2D eigenvalue weighted by Crippen LogP contribution is 2.12. The number of hydrogen-bond acceptors (Lipinski definition) is 3. The minimum Gasteiger partial charge on any atom is -0.365 e. The van der Waals surface area contributed by atoms with Gasteiger partial charge in [-0.15, -0.1) is 0 Å². The maximum absolute atomic E-state index is 13.0. The Morgan fingerprint density at radius 1 is 1.33 bits per heavy atom. The Kier molecular flexibility index (Phi) is 3.52. The van der Waals surface area contributed by atoms with Crippen LogP contribution in [0.3, 0.4) is 0 Å². The fourth-order valence-corrected chi connectivity index (χ4v) is 1.58. The molecule has 0 saturated heterocycles. The van der Waals surface area contributed by atoms with Gasteiger partial charge in [0.2, 0.25) is 0 Å². The summed E-state index contributed by atoms with van der Waals surface area (Å²) in [4.78, 5) is 15.2. The van der Waals surface area contributed by atoms with Gasteiger partial charge in [0, 0.05) is 12.7 Å². The number of carbonyl (C=O) groups excluding carboxylic acids is 1. The summed E-state index contributed by atoms with van der Waals surface area (Å²) in [7, 11) is 0. The summed E-state index contributed by atoms with van der Waals surface area (Å²) in [6, 6.07) is 9.42. The van der Waals surface area contributed by atoms with Gasteiger partial charge >= 0.3 is 0 Å². The molecule has 0 atom stereocenters. The molecule has 3 N–H and O–H groups in total. The predicted octanol–water partition coefficient (Wildman–Crippen LogP) is 1.93. The third kappa shape index (κ3) is 2.82. The van der Waals surface area contributed by atoms with Crippen molar-refractivity contribution in [1.82, 2.24) is 4.98 Å². The van der Waals surface area contributed by atoms with Gasteiger partial charge in [-0.3, -0.25) is 4.79 Å². The number of anilines is 1. The number of nitrogens with two attached hydrogens (primary N) is 1. The van der Waals surface area contributed by atoms with E-state index in [2.05, 4.69) is 10.3 Å². The molecular weight excluding hydrogens is 233 g/mol. The SMILES string of the molecule is NC(=O)c1cccnc1NCc1cccc(F)c1. The number of aromatic nitrogens is 1. The van der Waals surface area contributed by atoms with Crippen molar-refractivity contribution in [2.45, 2.75) is 6.54 Å². The third-order valence-corrected chi connectivity index (χ3v) is 2.42. The Bertz CT molecular complexity index is 572. The van der Waals surface area contributed by atoms with E-state index in [1.165, 1.54) is 12.1 Å². The number of nitrogens with zero attached hydrogens (tertiary/aromatic N) is 1. The monoisotopic (exact) mass is 245 g/mol. The lowest BCUT2D eigenvalue weighted by Gasteiger charge is -2.08. The van der Waals surface area contributed by atoms with E-state index in [1.54, 1.807) is 30.5 Å². The second kappa shape index (κ2) is 5.27. The van der Waals surface area contributed by atoms with Crippen LogP contribution in [0.15, 0.2) is 42.6 Å². The molecule has 0 bridgehead atoms. The molecule has 0 fully saturated rings. The number of primary amides is 1. The summed E-state index contributed by atoms with van der Waals surface area (Å²) in [6.07, 6.45) is 1.56. The molecular formula is C13H12FN3O. The quantitative estimate of drug-likeness (QED) is 0.864. The van der Waals surface area contributed by atoms with E-state index in [4.69, 9.17) is 5.73 Å². The largest absolute Gasteiger partial charge is 0.365 e. The zero-order chi connectivity index (χ0) is 13.0. The van der Waals surface area contributed by atoms with Crippen LogP contribution < -0.4 is 11.1 Å². The summed E-state index contributed by atoms with van der Waals surface area (Å²) in [6.45, 7) is 0.370. The van der Waals surface area contributed by atoms with Gasteiger partial charge in [0.25, 0.3) is 5.91 Å². The molecule has 0 unspecified atom stereocenters. The van der Waals surface area contributed by atoms with Gasteiger partial charge in [-0.2, -0.15) is 0 Å². The number of carbonyl (C=O) groups is 1. The lowest BCUT2D eigenvalue weighted by molar-refractivity contribution is 0.100. The van der Waals surface area contributed by atoms with Crippen LogP contribution in [0.2, 0.25) is 0 Å². The van der Waals surface area contributed by atoms with Gasteiger partial charge in [0.1, 0.15) is 11.6 Å². The summed E-state index contributed by atoms with van der Waals surface area (Å²) >= 11 is 0. The van der Waals surface area contributed by atoms with Crippen LogP contribution in [0.5, 0.6) is 0 Å².